The van der Waals surface area contributed by atoms with Gasteiger partial charge in [-0.15, -0.1) is 11.8 Å². The maximum absolute atomic E-state index is 5.91. The van der Waals surface area contributed by atoms with Crippen molar-refractivity contribution in [3.63, 3.8) is 0 Å². The van der Waals surface area contributed by atoms with E-state index in [1.807, 2.05) is 32.2 Å². The van der Waals surface area contributed by atoms with Crippen molar-refractivity contribution < 1.29 is 0 Å². The van der Waals surface area contributed by atoms with Crippen LogP contribution in [0.4, 0.5) is 0 Å². The first kappa shape index (κ1) is 12.6. The zero-order valence-corrected chi connectivity index (χ0v) is 10.7. The summed E-state index contributed by atoms with van der Waals surface area (Å²) in [6, 6.07) is 8.27. The molecule has 0 saturated carbocycles. The molecule has 1 nitrogen and oxygen atoms in total. The van der Waals surface area contributed by atoms with Gasteiger partial charge in [0.05, 0.1) is 0 Å². The van der Waals surface area contributed by atoms with E-state index in [9.17, 15) is 0 Å². The highest BCUT2D eigenvalue weighted by molar-refractivity contribution is 7.99. The van der Waals surface area contributed by atoms with Crippen LogP contribution < -0.4 is 5.32 Å². The summed E-state index contributed by atoms with van der Waals surface area (Å²) >= 11 is 7.70. The van der Waals surface area contributed by atoms with Crippen LogP contribution in [-0.4, -0.2) is 18.8 Å². The average Bonchev–Trinajstić information content (AvgIpc) is 2.18. The minimum absolute atomic E-state index is 0.356. The molecule has 1 atom stereocenters. The lowest BCUT2D eigenvalue weighted by atomic mass is 10.2. The molecule has 15 heavy (non-hydrogen) atoms. The minimum atomic E-state index is 0.356. The number of likely N-dealkylation sites (N-methyl/N-ethyl adjacent to an activating group) is 1. The molecular formula is C12H16ClNS. The molecule has 0 radical (unpaired) electrons. The SMILES string of the molecule is C=C(C)C(CSc1cccc(Cl)c1)NC. The van der Waals surface area contributed by atoms with Crippen LogP contribution >= 0.6 is 23.4 Å². The van der Waals surface area contributed by atoms with E-state index in [0.29, 0.717) is 6.04 Å². The van der Waals surface area contributed by atoms with Crippen LogP contribution in [0.2, 0.25) is 5.02 Å². The Labute approximate surface area is 101 Å². The molecule has 0 fully saturated rings. The van der Waals surface area contributed by atoms with Gasteiger partial charge in [0.2, 0.25) is 0 Å². The second-order valence-electron chi connectivity index (χ2n) is 3.46. The summed E-state index contributed by atoms with van der Waals surface area (Å²) in [5, 5.41) is 4.02. The molecular weight excluding hydrogens is 226 g/mol. The molecule has 1 unspecified atom stereocenters. The molecule has 0 aliphatic carbocycles. The highest BCUT2D eigenvalue weighted by atomic mass is 35.5. The fourth-order valence-corrected chi connectivity index (χ4v) is 2.66. The number of hydrogen-bond donors (Lipinski definition) is 1. The first-order valence-electron chi connectivity index (χ1n) is 4.84. The number of rotatable bonds is 5. The first-order valence-corrected chi connectivity index (χ1v) is 6.21. The fraction of sp³-hybridized carbons (Fsp3) is 0.333. The molecule has 3 heteroatoms. The van der Waals surface area contributed by atoms with Crippen molar-refractivity contribution in [3.05, 3.63) is 41.4 Å². The smallest absolute Gasteiger partial charge is 0.0417 e. The van der Waals surface area contributed by atoms with Crippen LogP contribution in [-0.2, 0) is 0 Å². The summed E-state index contributed by atoms with van der Waals surface area (Å²) < 4.78 is 0. The molecule has 0 spiro atoms. The van der Waals surface area contributed by atoms with Gasteiger partial charge >= 0.3 is 0 Å². The standard InChI is InChI=1S/C12H16ClNS/c1-9(2)12(14-3)8-15-11-6-4-5-10(13)7-11/h4-7,12,14H,1,8H2,2-3H3. The second kappa shape index (κ2) is 6.21. The molecule has 0 aromatic heterocycles. The normalized spacial score (nSPS) is 12.5. The summed E-state index contributed by atoms with van der Waals surface area (Å²) in [7, 11) is 1.96. The van der Waals surface area contributed by atoms with E-state index in [1.165, 1.54) is 4.90 Å². The number of benzene rings is 1. The highest BCUT2D eigenvalue weighted by Crippen LogP contribution is 2.23. The number of hydrogen-bond acceptors (Lipinski definition) is 2. The topological polar surface area (TPSA) is 12.0 Å². The number of nitrogens with one attached hydrogen (secondary N) is 1. The number of halogens is 1. The van der Waals surface area contributed by atoms with Crippen molar-refractivity contribution >= 4 is 23.4 Å². The van der Waals surface area contributed by atoms with Gasteiger partial charge in [0.25, 0.3) is 0 Å². The van der Waals surface area contributed by atoms with Crippen LogP contribution in [0.3, 0.4) is 0 Å². The quantitative estimate of drug-likeness (QED) is 0.625. The summed E-state index contributed by atoms with van der Waals surface area (Å²) in [5.41, 5.74) is 1.16. The third-order valence-electron chi connectivity index (χ3n) is 2.16. The maximum Gasteiger partial charge on any atom is 0.0417 e. The molecule has 0 aliphatic heterocycles. The third-order valence-corrected chi connectivity index (χ3v) is 3.48. The highest BCUT2D eigenvalue weighted by Gasteiger charge is 2.06. The Morgan fingerprint density at radius 3 is 2.87 bits per heavy atom. The van der Waals surface area contributed by atoms with Crippen LogP contribution in [0.15, 0.2) is 41.3 Å². The Morgan fingerprint density at radius 2 is 2.33 bits per heavy atom. The zero-order chi connectivity index (χ0) is 11.3. The van der Waals surface area contributed by atoms with E-state index in [-0.39, 0.29) is 0 Å². The van der Waals surface area contributed by atoms with Crippen molar-refractivity contribution in [2.45, 2.75) is 17.9 Å². The van der Waals surface area contributed by atoms with Gasteiger partial charge in [-0.3, -0.25) is 0 Å². The van der Waals surface area contributed by atoms with Gasteiger partial charge in [-0.25, -0.2) is 0 Å². The van der Waals surface area contributed by atoms with Gasteiger partial charge < -0.3 is 5.32 Å². The van der Waals surface area contributed by atoms with Crippen molar-refractivity contribution in [1.29, 1.82) is 0 Å². The Balaban J connectivity index is 2.52. The van der Waals surface area contributed by atoms with E-state index in [0.717, 1.165) is 16.3 Å². The van der Waals surface area contributed by atoms with Gasteiger partial charge in [-0.2, -0.15) is 0 Å². The lowest BCUT2D eigenvalue weighted by molar-refractivity contribution is 0.703. The molecule has 0 heterocycles. The first-order chi connectivity index (χ1) is 7.13. The molecule has 0 aliphatic rings. The Morgan fingerprint density at radius 1 is 1.60 bits per heavy atom. The summed E-state index contributed by atoms with van der Waals surface area (Å²) in [4.78, 5) is 1.20. The van der Waals surface area contributed by atoms with Gasteiger partial charge in [-0.1, -0.05) is 29.8 Å². The van der Waals surface area contributed by atoms with Gasteiger partial charge in [0.15, 0.2) is 0 Å². The lowest BCUT2D eigenvalue weighted by Gasteiger charge is -2.15. The van der Waals surface area contributed by atoms with Crippen molar-refractivity contribution in [3.8, 4) is 0 Å². The lowest BCUT2D eigenvalue weighted by Crippen LogP contribution is -2.28. The Hall–Kier alpha value is -0.440. The van der Waals surface area contributed by atoms with Crippen LogP contribution in [0.1, 0.15) is 6.92 Å². The monoisotopic (exact) mass is 241 g/mol. The molecule has 1 aromatic carbocycles. The molecule has 1 rings (SSSR count). The molecule has 0 amide bonds. The van der Waals surface area contributed by atoms with Gasteiger partial charge in [0.1, 0.15) is 0 Å². The molecule has 1 N–H and O–H groups in total. The zero-order valence-electron chi connectivity index (χ0n) is 9.09. The van der Waals surface area contributed by atoms with Gasteiger partial charge in [0, 0.05) is 21.7 Å². The number of thioether (sulfide) groups is 1. The van der Waals surface area contributed by atoms with Crippen molar-refractivity contribution in [1.82, 2.24) is 5.32 Å². The van der Waals surface area contributed by atoms with Crippen LogP contribution in [0.25, 0.3) is 0 Å². The average molecular weight is 242 g/mol. The van der Waals surface area contributed by atoms with E-state index in [4.69, 9.17) is 11.6 Å². The fourth-order valence-electron chi connectivity index (χ4n) is 1.21. The van der Waals surface area contributed by atoms with Crippen LogP contribution in [0.5, 0.6) is 0 Å². The van der Waals surface area contributed by atoms with E-state index >= 15 is 0 Å². The summed E-state index contributed by atoms with van der Waals surface area (Å²) in [6.07, 6.45) is 0. The summed E-state index contributed by atoms with van der Waals surface area (Å²) in [6.45, 7) is 6.00. The van der Waals surface area contributed by atoms with Crippen molar-refractivity contribution in [2.75, 3.05) is 12.8 Å². The Bertz CT molecular complexity index is 338. The van der Waals surface area contributed by atoms with Crippen molar-refractivity contribution in [2.24, 2.45) is 0 Å². The Kier molecular flexibility index (Phi) is 5.23. The van der Waals surface area contributed by atoms with Gasteiger partial charge in [-0.05, 0) is 32.2 Å². The second-order valence-corrected chi connectivity index (χ2v) is 4.99. The minimum Gasteiger partial charge on any atom is -0.313 e. The van der Waals surface area contributed by atoms with E-state index in [1.54, 1.807) is 11.8 Å². The predicted molar refractivity (Wildman–Crippen MR) is 69.8 cm³/mol. The molecule has 0 saturated heterocycles. The van der Waals surface area contributed by atoms with E-state index < -0.39 is 0 Å². The largest absolute Gasteiger partial charge is 0.313 e. The molecule has 1 aromatic rings. The summed E-state index contributed by atoms with van der Waals surface area (Å²) in [5.74, 6) is 0.978. The van der Waals surface area contributed by atoms with E-state index in [2.05, 4.69) is 18.0 Å². The van der Waals surface area contributed by atoms with Crippen LogP contribution in [0, 0.1) is 0 Å². The molecule has 82 valence electrons. The third kappa shape index (κ3) is 4.29. The maximum atomic E-state index is 5.91. The molecule has 0 bridgehead atoms. The predicted octanol–water partition coefficient (Wildman–Crippen LogP) is 3.60.